The molecule has 7 heteroatoms. The van der Waals surface area contributed by atoms with E-state index in [2.05, 4.69) is 47.7 Å². The van der Waals surface area contributed by atoms with Crippen LogP contribution in [0.3, 0.4) is 0 Å². The van der Waals surface area contributed by atoms with Crippen molar-refractivity contribution in [2.45, 2.75) is 91.3 Å². The molecule has 0 spiro atoms. The number of hydrogen-bond donors (Lipinski definition) is 1. The minimum absolute atomic E-state index is 0.0655. The van der Waals surface area contributed by atoms with E-state index in [-0.39, 0.29) is 40.1 Å². The third-order valence-corrected chi connectivity index (χ3v) is 12.2. The summed E-state index contributed by atoms with van der Waals surface area (Å²) < 4.78 is 12.3. The topological polar surface area (TPSA) is 59.0 Å². The standard InChI is InChI=1S/C26H43NO4SSi/c1-17(2)23(31-33(8,9)26(5,6)7)18(3)22(28)19(4)24(29)27-21(16-30-25(27)32)15-20-13-11-10-12-14-20/h10-14,17-19,21-23,28H,15-16H2,1-9H3/t18-,19-,21+,22+,23-/m0/s1. The largest absolute Gasteiger partial charge is 0.468 e. The maximum Gasteiger partial charge on any atom is 0.266 e. The van der Waals surface area contributed by atoms with Crippen molar-refractivity contribution in [1.82, 2.24) is 4.90 Å². The van der Waals surface area contributed by atoms with Crippen molar-refractivity contribution in [3.63, 3.8) is 0 Å². The first-order valence-electron chi connectivity index (χ1n) is 12.1. The van der Waals surface area contributed by atoms with Gasteiger partial charge in [-0.15, -0.1) is 0 Å². The monoisotopic (exact) mass is 493 g/mol. The molecule has 1 saturated heterocycles. The van der Waals surface area contributed by atoms with Crippen molar-refractivity contribution in [1.29, 1.82) is 0 Å². The summed E-state index contributed by atoms with van der Waals surface area (Å²) >= 11 is 5.37. The van der Waals surface area contributed by atoms with Crippen molar-refractivity contribution < 1.29 is 19.1 Å². The SMILES string of the molecule is CC(C)[C@H](O[Si](C)(C)C(C)(C)C)[C@@H](C)[C@@H](O)[C@H](C)C(=O)N1C(=S)OC[C@H]1Cc1ccccc1. The summed E-state index contributed by atoms with van der Waals surface area (Å²) in [4.78, 5) is 15.1. The number of carbonyl (C=O) groups excluding carboxylic acids is 1. The molecule has 1 aliphatic heterocycles. The summed E-state index contributed by atoms with van der Waals surface area (Å²) in [7, 11) is -2.04. The minimum atomic E-state index is -2.04. The van der Waals surface area contributed by atoms with E-state index in [4.69, 9.17) is 21.4 Å². The van der Waals surface area contributed by atoms with E-state index in [1.807, 2.05) is 37.3 Å². The summed E-state index contributed by atoms with van der Waals surface area (Å²) in [5.41, 5.74) is 1.12. The van der Waals surface area contributed by atoms with Gasteiger partial charge in [0.15, 0.2) is 8.32 Å². The fourth-order valence-electron chi connectivity index (χ4n) is 4.15. The Kier molecular flexibility index (Phi) is 9.30. The number of aliphatic hydroxyl groups excluding tert-OH is 1. The second kappa shape index (κ2) is 11.0. The predicted molar refractivity (Wildman–Crippen MR) is 141 cm³/mol. The molecule has 1 amide bonds. The van der Waals surface area contributed by atoms with Crippen LogP contribution in [0.5, 0.6) is 0 Å². The molecule has 186 valence electrons. The molecule has 1 aliphatic rings. The first-order chi connectivity index (χ1) is 15.2. The molecular weight excluding hydrogens is 450 g/mol. The van der Waals surface area contributed by atoms with Crippen molar-refractivity contribution in [2.75, 3.05) is 6.61 Å². The van der Waals surface area contributed by atoms with Crippen LogP contribution in [-0.4, -0.2) is 54.3 Å². The number of benzene rings is 1. The Morgan fingerprint density at radius 3 is 2.30 bits per heavy atom. The highest BCUT2D eigenvalue weighted by molar-refractivity contribution is 7.80. The number of aliphatic hydroxyl groups is 1. The molecule has 0 bridgehead atoms. The van der Waals surface area contributed by atoms with Crippen LogP contribution in [0.15, 0.2) is 30.3 Å². The number of amides is 1. The molecule has 0 saturated carbocycles. The Morgan fingerprint density at radius 2 is 1.79 bits per heavy atom. The lowest BCUT2D eigenvalue weighted by Crippen LogP contribution is -2.52. The molecular formula is C26H43NO4SSi. The van der Waals surface area contributed by atoms with E-state index in [0.29, 0.717) is 13.0 Å². The smallest absolute Gasteiger partial charge is 0.266 e. The number of rotatable bonds is 9. The van der Waals surface area contributed by atoms with Crippen molar-refractivity contribution in [2.24, 2.45) is 17.8 Å². The molecule has 5 nitrogen and oxygen atoms in total. The lowest BCUT2D eigenvalue weighted by molar-refractivity contribution is -0.138. The first kappa shape index (κ1) is 28.0. The Morgan fingerprint density at radius 1 is 1.21 bits per heavy atom. The summed E-state index contributed by atoms with van der Waals surface area (Å²) in [5.74, 6) is -0.800. The van der Waals surface area contributed by atoms with Crippen LogP contribution in [0.25, 0.3) is 0 Å². The molecule has 5 atom stereocenters. The highest BCUT2D eigenvalue weighted by Crippen LogP contribution is 2.40. The normalized spacial score (nSPS) is 21.0. The zero-order valence-corrected chi connectivity index (χ0v) is 23.6. The minimum Gasteiger partial charge on any atom is -0.468 e. The van der Waals surface area contributed by atoms with Gasteiger partial charge in [-0.3, -0.25) is 9.69 Å². The van der Waals surface area contributed by atoms with Gasteiger partial charge in [-0.2, -0.15) is 0 Å². The first-order valence-corrected chi connectivity index (χ1v) is 15.4. The highest BCUT2D eigenvalue weighted by atomic mass is 32.1. The van der Waals surface area contributed by atoms with E-state index in [1.54, 1.807) is 11.8 Å². The van der Waals surface area contributed by atoms with E-state index >= 15 is 0 Å². The maximum atomic E-state index is 13.5. The second-order valence-corrected chi connectivity index (χ2v) is 16.5. The highest BCUT2D eigenvalue weighted by Gasteiger charge is 2.45. The van der Waals surface area contributed by atoms with Crippen LogP contribution < -0.4 is 0 Å². The van der Waals surface area contributed by atoms with Gasteiger partial charge in [-0.1, -0.05) is 78.8 Å². The molecule has 1 heterocycles. The van der Waals surface area contributed by atoms with Gasteiger partial charge in [0.1, 0.15) is 6.61 Å². The number of ether oxygens (including phenoxy) is 1. The number of nitrogens with zero attached hydrogens (tertiary/aromatic N) is 1. The molecule has 0 aromatic heterocycles. The van der Waals surface area contributed by atoms with Gasteiger partial charge in [0, 0.05) is 5.92 Å². The van der Waals surface area contributed by atoms with Crippen LogP contribution in [0.2, 0.25) is 18.1 Å². The van der Waals surface area contributed by atoms with E-state index in [9.17, 15) is 9.90 Å². The van der Waals surface area contributed by atoms with Crippen LogP contribution in [0, 0.1) is 17.8 Å². The lowest BCUT2D eigenvalue weighted by atomic mass is 9.84. The average Bonchev–Trinajstić information content (AvgIpc) is 3.09. The van der Waals surface area contributed by atoms with Crippen molar-refractivity contribution in [3.8, 4) is 0 Å². The molecule has 2 rings (SSSR count). The Labute approximate surface area is 207 Å². The third-order valence-electron chi connectivity index (χ3n) is 7.37. The van der Waals surface area contributed by atoms with Crippen molar-refractivity contribution >= 4 is 31.6 Å². The zero-order valence-electron chi connectivity index (χ0n) is 21.8. The van der Waals surface area contributed by atoms with Crippen LogP contribution >= 0.6 is 12.2 Å². The average molecular weight is 494 g/mol. The van der Waals surface area contributed by atoms with Gasteiger partial charge in [-0.05, 0) is 48.3 Å². The number of thiocarbonyl (C=S) groups is 1. The van der Waals surface area contributed by atoms with Gasteiger partial charge in [-0.25, -0.2) is 0 Å². The molecule has 1 N–H and O–H groups in total. The van der Waals surface area contributed by atoms with Crippen LogP contribution in [-0.2, 0) is 20.4 Å². The van der Waals surface area contributed by atoms with Gasteiger partial charge in [0.25, 0.3) is 5.17 Å². The fraction of sp³-hybridized carbons (Fsp3) is 0.692. The molecule has 33 heavy (non-hydrogen) atoms. The Balaban J connectivity index is 2.17. The molecule has 0 unspecified atom stereocenters. The summed E-state index contributed by atoms with van der Waals surface area (Å²) in [6, 6.07) is 9.85. The number of hydrogen-bond acceptors (Lipinski definition) is 5. The van der Waals surface area contributed by atoms with Gasteiger partial charge >= 0.3 is 0 Å². The van der Waals surface area contributed by atoms with Gasteiger partial charge < -0.3 is 14.3 Å². The van der Waals surface area contributed by atoms with Crippen molar-refractivity contribution in [3.05, 3.63) is 35.9 Å². The lowest BCUT2D eigenvalue weighted by Gasteiger charge is -2.43. The van der Waals surface area contributed by atoms with E-state index in [1.165, 1.54) is 0 Å². The second-order valence-electron chi connectivity index (χ2n) is 11.4. The van der Waals surface area contributed by atoms with E-state index in [0.717, 1.165) is 5.56 Å². The summed E-state index contributed by atoms with van der Waals surface area (Å²) in [6.07, 6.45) is -0.331. The summed E-state index contributed by atoms with van der Waals surface area (Å²) in [5, 5.41) is 11.6. The quantitative estimate of drug-likeness (QED) is 0.368. The number of carbonyl (C=O) groups is 1. The molecule has 0 aliphatic carbocycles. The van der Waals surface area contributed by atoms with E-state index < -0.39 is 20.3 Å². The third kappa shape index (κ3) is 6.65. The van der Waals surface area contributed by atoms with Gasteiger partial charge in [0.05, 0.1) is 24.2 Å². The van der Waals surface area contributed by atoms with Crippen LogP contribution in [0.4, 0.5) is 0 Å². The maximum absolute atomic E-state index is 13.5. The predicted octanol–water partition coefficient (Wildman–Crippen LogP) is 5.42. The molecule has 1 aromatic rings. The Hall–Kier alpha value is -1.28. The molecule has 0 radical (unpaired) electrons. The molecule has 1 aromatic carbocycles. The molecule has 1 fully saturated rings. The van der Waals surface area contributed by atoms with Gasteiger partial charge in [0.2, 0.25) is 5.91 Å². The van der Waals surface area contributed by atoms with Crippen LogP contribution in [0.1, 0.15) is 54.0 Å². The Bertz CT molecular complexity index is 808. The fourth-order valence-corrected chi connectivity index (χ4v) is 5.98. The zero-order chi connectivity index (χ0) is 25.1. The summed E-state index contributed by atoms with van der Waals surface area (Å²) in [6.45, 7) is 19.5.